The standard InChI is InChI=1S/C26H38O4.C16H24.C8H14O.CH3I.CH2O2/c1-8-11-12-13-14-23(28)16-24(21(4)5)25(22(10-3)17-30-20-27)18-29-19-26(6,7)15-9-2;1-3-9-15(10-4-1)11-5-2-6-12-16-13-7-8-14-16;1-5-6-8(2,3)7-9-4;1-2;2-1-3/h2,8,10-11,20H,4,12-19H2,1,3,5-7H3;1,3-4,9-10,16H,2,5-8,11-14H2;1H,6-7H2,2-4H3;1H3;1H,(H,2,3)/b11-8-,22-10-,25-24-;;;;. The summed E-state index contributed by atoms with van der Waals surface area (Å²) in [6.45, 7) is 19.9. The Bertz CT molecular complexity index is 1430. The van der Waals surface area contributed by atoms with Crippen molar-refractivity contribution in [3.63, 3.8) is 0 Å². The summed E-state index contributed by atoms with van der Waals surface area (Å²) in [6.07, 6.45) is 33.5. The van der Waals surface area contributed by atoms with Crippen LogP contribution in [-0.2, 0) is 35.0 Å². The second-order valence-electron chi connectivity index (χ2n) is 16.5. The third-order valence-corrected chi connectivity index (χ3v) is 9.69. The molecule has 8 heteroatoms. The van der Waals surface area contributed by atoms with Crippen molar-refractivity contribution >= 4 is 41.3 Å². The molecule has 0 heterocycles. The largest absolute Gasteiger partial charge is 0.483 e. The molecule has 1 N–H and O–H groups in total. The number of hydrogen-bond acceptors (Lipinski definition) is 6. The van der Waals surface area contributed by atoms with Gasteiger partial charge in [-0.15, -0.1) is 24.7 Å². The first-order chi connectivity index (χ1) is 28.7. The van der Waals surface area contributed by atoms with Crippen LogP contribution in [-0.4, -0.2) is 62.3 Å². The van der Waals surface area contributed by atoms with Crippen LogP contribution < -0.4 is 0 Å². The van der Waals surface area contributed by atoms with Crippen LogP contribution in [0.1, 0.15) is 144 Å². The first-order valence-electron chi connectivity index (χ1n) is 21.4. The van der Waals surface area contributed by atoms with Crippen molar-refractivity contribution in [1.82, 2.24) is 0 Å². The van der Waals surface area contributed by atoms with Gasteiger partial charge in [-0.05, 0) is 90.4 Å². The molecule has 0 atom stereocenters. The number of rotatable bonds is 25. The zero-order valence-electron chi connectivity index (χ0n) is 38.9. The molecule has 0 saturated heterocycles. The molecule has 0 radical (unpaired) electrons. The van der Waals surface area contributed by atoms with E-state index in [0.717, 1.165) is 54.1 Å². The second-order valence-corrected chi connectivity index (χ2v) is 16.5. The number of aryl methyl sites for hydroxylation is 1. The Morgan fingerprint density at radius 1 is 0.917 bits per heavy atom. The highest BCUT2D eigenvalue weighted by molar-refractivity contribution is 14.1. The van der Waals surface area contributed by atoms with Gasteiger partial charge < -0.3 is 19.3 Å². The Hall–Kier alpha value is -3.44. The fourth-order valence-electron chi connectivity index (χ4n) is 6.58. The Morgan fingerprint density at radius 3 is 2.00 bits per heavy atom. The average Bonchev–Trinajstić information content (AvgIpc) is 3.74. The summed E-state index contributed by atoms with van der Waals surface area (Å²) in [5, 5.41) is 6.89. The maximum atomic E-state index is 12.6. The highest BCUT2D eigenvalue weighted by Crippen LogP contribution is 2.30. The summed E-state index contributed by atoms with van der Waals surface area (Å²) >= 11 is 2.15. The van der Waals surface area contributed by atoms with Crippen molar-refractivity contribution in [2.75, 3.05) is 38.5 Å². The molecule has 60 heavy (non-hydrogen) atoms. The van der Waals surface area contributed by atoms with E-state index in [0.29, 0.717) is 32.5 Å². The molecule has 1 aromatic carbocycles. The minimum Gasteiger partial charge on any atom is -0.483 e. The lowest BCUT2D eigenvalue weighted by molar-refractivity contribution is -0.128. The Kier molecular flexibility index (Phi) is 41.5. The van der Waals surface area contributed by atoms with E-state index in [-0.39, 0.29) is 36.1 Å². The molecular formula is C52H81IO7. The number of methoxy groups -OCH3 is 1. The fourth-order valence-corrected chi connectivity index (χ4v) is 6.58. The lowest BCUT2D eigenvalue weighted by Gasteiger charge is -2.24. The summed E-state index contributed by atoms with van der Waals surface area (Å²) in [7, 11) is 1.69. The van der Waals surface area contributed by atoms with Crippen LogP contribution in [0, 0.1) is 41.4 Å². The summed E-state index contributed by atoms with van der Waals surface area (Å²) < 4.78 is 16.0. The smallest absolute Gasteiger partial charge is 0.293 e. The van der Waals surface area contributed by atoms with E-state index in [9.17, 15) is 9.59 Å². The van der Waals surface area contributed by atoms with Gasteiger partial charge in [0.2, 0.25) is 0 Å². The number of carbonyl (C=O) groups is 3. The maximum Gasteiger partial charge on any atom is 0.293 e. The first-order valence-corrected chi connectivity index (χ1v) is 23.5. The number of hydrogen-bond donors (Lipinski definition) is 1. The van der Waals surface area contributed by atoms with Crippen molar-refractivity contribution < 1.29 is 33.7 Å². The summed E-state index contributed by atoms with van der Waals surface area (Å²) in [5.41, 5.74) is 4.82. The van der Waals surface area contributed by atoms with Crippen molar-refractivity contribution in [1.29, 1.82) is 0 Å². The Labute approximate surface area is 380 Å². The topological polar surface area (TPSA) is 99.1 Å². The number of Topliss-reactive ketones (excluding diaryl/α,β-unsaturated/α-hetero) is 1. The summed E-state index contributed by atoms with van der Waals surface area (Å²) in [4.78, 5) is 33.7. The molecule has 1 aliphatic rings. The molecule has 1 saturated carbocycles. The van der Waals surface area contributed by atoms with Gasteiger partial charge in [0.15, 0.2) is 0 Å². The fraction of sp³-hybridized carbons (Fsp3) is 0.596. The normalized spacial score (nSPS) is 12.9. The van der Waals surface area contributed by atoms with E-state index in [1.807, 2.05) is 37.9 Å². The molecule has 1 aliphatic carbocycles. The van der Waals surface area contributed by atoms with Gasteiger partial charge in [-0.25, -0.2) is 0 Å². The molecule has 0 bridgehead atoms. The van der Waals surface area contributed by atoms with Crippen molar-refractivity contribution in [3.05, 3.63) is 83.0 Å². The van der Waals surface area contributed by atoms with Gasteiger partial charge in [0, 0.05) is 32.8 Å². The number of carbonyl (C=O) groups excluding carboxylic acids is 2. The Balaban J connectivity index is -0.000000890. The molecule has 338 valence electrons. The molecule has 7 nitrogen and oxygen atoms in total. The van der Waals surface area contributed by atoms with Gasteiger partial charge in [0.05, 0.1) is 19.8 Å². The van der Waals surface area contributed by atoms with Crippen LogP contribution in [0.25, 0.3) is 0 Å². The Morgan fingerprint density at radius 2 is 1.50 bits per heavy atom. The lowest BCUT2D eigenvalue weighted by Crippen LogP contribution is -2.21. The predicted molar refractivity (Wildman–Crippen MR) is 262 cm³/mol. The van der Waals surface area contributed by atoms with E-state index in [2.05, 4.69) is 105 Å². The molecular weight excluding hydrogens is 863 g/mol. The number of halogens is 1. The van der Waals surface area contributed by atoms with Crippen molar-refractivity contribution in [3.8, 4) is 24.7 Å². The number of carboxylic acid groups (broad SMARTS) is 1. The summed E-state index contributed by atoms with van der Waals surface area (Å²) in [5.74, 6) is 6.53. The lowest BCUT2D eigenvalue weighted by atomic mass is 9.90. The second kappa shape index (κ2) is 40.9. The molecule has 2 rings (SSSR count). The predicted octanol–water partition coefficient (Wildman–Crippen LogP) is 13.2. The van der Waals surface area contributed by atoms with Gasteiger partial charge >= 0.3 is 0 Å². The van der Waals surface area contributed by atoms with E-state index in [1.165, 1.54) is 63.4 Å². The third-order valence-electron chi connectivity index (χ3n) is 9.69. The third kappa shape index (κ3) is 35.3. The number of benzene rings is 1. The minimum atomic E-state index is -0.250. The van der Waals surface area contributed by atoms with E-state index in [1.54, 1.807) is 7.11 Å². The molecule has 1 fully saturated rings. The van der Waals surface area contributed by atoms with Crippen LogP contribution in [0.4, 0.5) is 0 Å². The van der Waals surface area contributed by atoms with Gasteiger partial charge in [0.25, 0.3) is 12.9 Å². The zero-order chi connectivity index (χ0) is 46.1. The monoisotopic (exact) mass is 945 g/mol. The molecule has 0 spiro atoms. The number of ketones is 1. The van der Waals surface area contributed by atoms with Crippen molar-refractivity contribution in [2.24, 2.45) is 16.7 Å². The molecule has 0 aliphatic heterocycles. The SMILES string of the molecule is C#CCC(C)(C)COC.C#CCC(C)(C)COCC(/C(=C\C)COC=O)=C(\CC(=O)CCC/C=C\C)C(=C)C.CI.O=CO.c1ccc(CCCCCC2CCCC2)cc1. The molecule has 0 amide bonds. The van der Waals surface area contributed by atoms with E-state index >= 15 is 0 Å². The minimum absolute atomic E-state index is 0.124. The average molecular weight is 945 g/mol. The van der Waals surface area contributed by atoms with Crippen LogP contribution in [0.3, 0.4) is 0 Å². The van der Waals surface area contributed by atoms with Crippen LogP contribution in [0.2, 0.25) is 0 Å². The van der Waals surface area contributed by atoms with Gasteiger partial charge in [-0.2, -0.15) is 0 Å². The maximum absolute atomic E-state index is 12.6. The van der Waals surface area contributed by atoms with Gasteiger partial charge in [-0.1, -0.05) is 156 Å². The number of unbranched alkanes of at least 4 members (excludes halogenated alkanes) is 3. The number of allylic oxidation sites excluding steroid dienone is 5. The van der Waals surface area contributed by atoms with Crippen LogP contribution in [0.5, 0.6) is 0 Å². The quantitative estimate of drug-likeness (QED) is 0.0198. The highest BCUT2D eigenvalue weighted by Gasteiger charge is 2.20. The first kappa shape index (κ1) is 60.9. The van der Waals surface area contributed by atoms with E-state index < -0.39 is 0 Å². The molecule has 0 unspecified atom stereocenters. The van der Waals surface area contributed by atoms with Crippen molar-refractivity contribution in [2.45, 2.75) is 145 Å². The summed E-state index contributed by atoms with van der Waals surface area (Å²) in [6, 6.07) is 10.9. The van der Waals surface area contributed by atoms with Gasteiger partial charge in [0.1, 0.15) is 12.4 Å². The van der Waals surface area contributed by atoms with E-state index in [4.69, 9.17) is 37.0 Å². The zero-order valence-corrected chi connectivity index (χ0v) is 41.1. The number of ether oxygens (including phenoxy) is 3. The number of terminal acetylenes is 2. The van der Waals surface area contributed by atoms with Crippen LogP contribution >= 0.6 is 22.6 Å². The highest BCUT2D eigenvalue weighted by atomic mass is 127. The number of alkyl halides is 1. The van der Waals surface area contributed by atoms with Crippen LogP contribution in [0.15, 0.2) is 77.4 Å². The molecule has 0 aromatic heterocycles. The van der Waals surface area contributed by atoms with Gasteiger partial charge in [-0.3, -0.25) is 14.4 Å². The molecule has 1 aromatic rings.